The van der Waals surface area contributed by atoms with Crippen molar-refractivity contribution < 1.29 is 14.3 Å². The van der Waals surface area contributed by atoms with E-state index in [0.29, 0.717) is 0 Å². The summed E-state index contributed by atoms with van der Waals surface area (Å²) in [5.41, 5.74) is -0.326. The van der Waals surface area contributed by atoms with E-state index < -0.39 is 11.4 Å². The van der Waals surface area contributed by atoms with Crippen molar-refractivity contribution in [1.29, 1.82) is 0 Å². The first kappa shape index (κ1) is 12.2. The molecule has 2 rings (SSSR count). The minimum Gasteiger partial charge on any atom is -0.507 e. The van der Waals surface area contributed by atoms with Crippen LogP contribution in [0.25, 0.3) is 0 Å². The summed E-state index contributed by atoms with van der Waals surface area (Å²) in [6.45, 7) is 1.53. The van der Waals surface area contributed by atoms with Crippen LogP contribution in [0.2, 0.25) is 0 Å². The highest BCUT2D eigenvalue weighted by Gasteiger charge is 2.19. The molecule has 0 fully saturated rings. The van der Waals surface area contributed by atoms with Crippen LogP contribution in [-0.2, 0) is 13.5 Å². The maximum absolute atomic E-state index is 12.0. The molecular weight excluding hydrogens is 234 g/mol. The molecule has 0 aliphatic heterocycles. The summed E-state index contributed by atoms with van der Waals surface area (Å²) in [7, 11) is 1.81. The van der Waals surface area contributed by atoms with E-state index in [1.54, 1.807) is 29.9 Å². The number of aromatic nitrogens is 1. The highest BCUT2D eigenvalue weighted by atomic mass is 16.4. The van der Waals surface area contributed by atoms with E-state index in [4.69, 9.17) is 4.42 Å². The van der Waals surface area contributed by atoms with Crippen molar-refractivity contribution in [3.05, 3.63) is 51.8 Å². The van der Waals surface area contributed by atoms with Gasteiger partial charge in [0.05, 0.1) is 6.42 Å². The Morgan fingerprint density at radius 3 is 2.78 bits per heavy atom. The smallest absolute Gasteiger partial charge is 0.350 e. The largest absolute Gasteiger partial charge is 0.507 e. The third kappa shape index (κ3) is 2.20. The molecule has 0 saturated carbocycles. The predicted octanol–water partition coefficient (Wildman–Crippen LogP) is 1.42. The first-order chi connectivity index (χ1) is 8.49. The third-order valence-corrected chi connectivity index (χ3v) is 2.73. The molecule has 0 bridgehead atoms. The molecule has 0 saturated heterocycles. The van der Waals surface area contributed by atoms with Gasteiger partial charge in [-0.05, 0) is 19.1 Å². The maximum Gasteiger partial charge on any atom is 0.350 e. The van der Waals surface area contributed by atoms with Gasteiger partial charge in [-0.15, -0.1) is 0 Å². The number of aromatic hydroxyl groups is 1. The molecule has 0 unspecified atom stereocenters. The van der Waals surface area contributed by atoms with Crippen molar-refractivity contribution in [1.82, 2.24) is 4.57 Å². The molecule has 2 heterocycles. The Morgan fingerprint density at radius 2 is 2.22 bits per heavy atom. The Bertz CT molecular complexity index is 651. The molecule has 0 aliphatic rings. The van der Waals surface area contributed by atoms with E-state index in [2.05, 4.69) is 0 Å². The first-order valence-electron chi connectivity index (χ1n) is 5.46. The number of rotatable bonds is 3. The Balaban J connectivity index is 2.36. The molecule has 5 nitrogen and oxygen atoms in total. The molecule has 5 heteroatoms. The van der Waals surface area contributed by atoms with Gasteiger partial charge in [0.25, 0.3) is 0 Å². The number of Topliss-reactive ketones (excluding diaryl/α,β-unsaturated/α-hetero) is 1. The lowest BCUT2D eigenvalue weighted by Crippen LogP contribution is -2.17. The van der Waals surface area contributed by atoms with Crippen LogP contribution in [0.1, 0.15) is 21.8 Å². The Morgan fingerprint density at radius 1 is 1.50 bits per heavy atom. The number of hydrogen-bond donors (Lipinski definition) is 1. The zero-order valence-corrected chi connectivity index (χ0v) is 10.1. The van der Waals surface area contributed by atoms with Crippen LogP contribution in [-0.4, -0.2) is 15.5 Å². The number of aryl methyl sites for hydroxylation is 2. The van der Waals surface area contributed by atoms with E-state index in [1.807, 2.05) is 0 Å². The maximum atomic E-state index is 12.0. The molecule has 2 aromatic heterocycles. The molecule has 0 radical (unpaired) electrons. The Hall–Kier alpha value is -2.30. The van der Waals surface area contributed by atoms with Gasteiger partial charge in [-0.1, -0.05) is 0 Å². The average molecular weight is 247 g/mol. The third-order valence-electron chi connectivity index (χ3n) is 2.73. The predicted molar refractivity (Wildman–Crippen MR) is 64.8 cm³/mol. The van der Waals surface area contributed by atoms with Crippen molar-refractivity contribution in [3.8, 4) is 5.75 Å². The normalized spacial score (nSPS) is 10.6. The van der Waals surface area contributed by atoms with Crippen LogP contribution in [0.4, 0.5) is 0 Å². The topological polar surface area (TPSA) is 72.4 Å². The number of ketones is 1. The Labute approximate surface area is 103 Å². The van der Waals surface area contributed by atoms with Gasteiger partial charge < -0.3 is 14.1 Å². The molecule has 1 N–H and O–H groups in total. The standard InChI is InChI=1S/C13H13NO4/c1-8-6-10(15)12(13(17)18-8)11(16)7-9-4-3-5-14(9)2/h3-6,15H,7H2,1-2H3. The summed E-state index contributed by atoms with van der Waals surface area (Å²) in [5.74, 6) is -0.515. The highest BCUT2D eigenvalue weighted by molar-refractivity contribution is 5.99. The molecular formula is C13H13NO4. The summed E-state index contributed by atoms with van der Waals surface area (Å²) in [6, 6.07) is 4.85. The molecule has 2 aromatic rings. The summed E-state index contributed by atoms with van der Waals surface area (Å²) < 4.78 is 6.60. The average Bonchev–Trinajstić information content (AvgIpc) is 2.62. The highest BCUT2D eigenvalue weighted by Crippen LogP contribution is 2.16. The quantitative estimate of drug-likeness (QED) is 0.832. The lowest BCUT2D eigenvalue weighted by Gasteiger charge is -2.04. The van der Waals surface area contributed by atoms with Crippen LogP contribution < -0.4 is 5.63 Å². The zero-order chi connectivity index (χ0) is 13.3. The molecule has 94 valence electrons. The van der Waals surface area contributed by atoms with Gasteiger partial charge in [0.1, 0.15) is 17.1 Å². The fourth-order valence-corrected chi connectivity index (χ4v) is 1.79. The fourth-order valence-electron chi connectivity index (χ4n) is 1.79. The number of carbonyl (C=O) groups excluding carboxylic acids is 1. The molecule has 0 aromatic carbocycles. The summed E-state index contributed by atoms with van der Waals surface area (Å²) in [6.07, 6.45) is 1.85. The minimum atomic E-state index is -0.799. The number of hydrogen-bond acceptors (Lipinski definition) is 4. The second-order valence-electron chi connectivity index (χ2n) is 4.12. The number of carbonyl (C=O) groups is 1. The van der Waals surface area contributed by atoms with Crippen molar-refractivity contribution in [2.45, 2.75) is 13.3 Å². The van der Waals surface area contributed by atoms with Crippen molar-refractivity contribution in [3.63, 3.8) is 0 Å². The minimum absolute atomic E-state index is 0.0465. The molecule has 0 amide bonds. The summed E-state index contributed by atoms with van der Waals surface area (Å²) >= 11 is 0. The van der Waals surface area contributed by atoms with E-state index >= 15 is 0 Å². The zero-order valence-electron chi connectivity index (χ0n) is 10.1. The SMILES string of the molecule is Cc1cc(O)c(C(=O)Cc2cccn2C)c(=O)o1. The van der Waals surface area contributed by atoms with E-state index in [1.165, 1.54) is 13.0 Å². The van der Waals surface area contributed by atoms with Crippen LogP contribution in [0.5, 0.6) is 5.75 Å². The van der Waals surface area contributed by atoms with E-state index in [0.717, 1.165) is 5.69 Å². The summed E-state index contributed by atoms with van der Waals surface area (Å²) in [4.78, 5) is 23.5. The van der Waals surface area contributed by atoms with Crippen LogP contribution >= 0.6 is 0 Å². The molecule has 18 heavy (non-hydrogen) atoms. The van der Waals surface area contributed by atoms with Gasteiger partial charge in [-0.3, -0.25) is 4.79 Å². The second kappa shape index (κ2) is 4.52. The van der Waals surface area contributed by atoms with Gasteiger partial charge >= 0.3 is 5.63 Å². The van der Waals surface area contributed by atoms with Gasteiger partial charge in [0.2, 0.25) is 0 Å². The van der Waals surface area contributed by atoms with Crippen LogP contribution in [0.15, 0.2) is 33.6 Å². The van der Waals surface area contributed by atoms with Gasteiger partial charge in [-0.25, -0.2) is 4.79 Å². The first-order valence-corrected chi connectivity index (χ1v) is 5.46. The molecule has 0 atom stereocenters. The van der Waals surface area contributed by atoms with Gasteiger partial charge in [-0.2, -0.15) is 0 Å². The molecule has 0 aliphatic carbocycles. The van der Waals surface area contributed by atoms with Crippen LogP contribution in [0, 0.1) is 6.92 Å². The number of nitrogens with zero attached hydrogens (tertiary/aromatic N) is 1. The monoisotopic (exact) mass is 247 g/mol. The molecule has 0 spiro atoms. The van der Waals surface area contributed by atoms with Gasteiger partial charge in [0.15, 0.2) is 5.78 Å². The van der Waals surface area contributed by atoms with Gasteiger partial charge in [0, 0.05) is 25.0 Å². The Kier molecular flexibility index (Phi) is 3.06. The lowest BCUT2D eigenvalue weighted by atomic mass is 10.1. The van der Waals surface area contributed by atoms with E-state index in [-0.39, 0.29) is 23.5 Å². The van der Waals surface area contributed by atoms with Crippen molar-refractivity contribution >= 4 is 5.78 Å². The van der Waals surface area contributed by atoms with E-state index in [9.17, 15) is 14.7 Å². The van der Waals surface area contributed by atoms with Crippen molar-refractivity contribution in [2.24, 2.45) is 7.05 Å². The fraction of sp³-hybridized carbons (Fsp3) is 0.231. The van der Waals surface area contributed by atoms with Crippen molar-refractivity contribution in [2.75, 3.05) is 0 Å². The van der Waals surface area contributed by atoms with Crippen LogP contribution in [0.3, 0.4) is 0 Å². The second-order valence-corrected chi connectivity index (χ2v) is 4.12. The summed E-state index contributed by atoms with van der Waals surface area (Å²) in [5, 5.41) is 9.65. The lowest BCUT2D eigenvalue weighted by molar-refractivity contribution is 0.0984.